The smallest absolute Gasteiger partial charge is 0.411 e. The average molecular weight is 319 g/mol. The number of amides is 1. The van der Waals surface area contributed by atoms with Gasteiger partial charge in [-0.2, -0.15) is 13.2 Å². The van der Waals surface area contributed by atoms with Crippen LogP contribution >= 0.6 is 0 Å². The minimum atomic E-state index is -4.34. The summed E-state index contributed by atoms with van der Waals surface area (Å²) in [6.45, 7) is 1.01. The Balaban J connectivity index is 2.23. The van der Waals surface area contributed by atoms with Gasteiger partial charge in [-0.25, -0.2) is 0 Å². The van der Waals surface area contributed by atoms with Gasteiger partial charge in [-0.15, -0.1) is 0 Å². The third-order valence-electron chi connectivity index (χ3n) is 2.73. The van der Waals surface area contributed by atoms with Crippen LogP contribution in [0.3, 0.4) is 0 Å². The van der Waals surface area contributed by atoms with E-state index in [0.717, 1.165) is 11.3 Å². The molecule has 1 aromatic rings. The molecule has 0 bridgehead atoms. The second-order valence-corrected chi connectivity index (χ2v) is 4.56. The van der Waals surface area contributed by atoms with Crippen molar-refractivity contribution >= 4 is 5.91 Å². The number of nitrogens with one attached hydrogen (secondary N) is 1. The summed E-state index contributed by atoms with van der Waals surface area (Å²) < 4.78 is 45.3. The summed E-state index contributed by atoms with van der Waals surface area (Å²) in [4.78, 5) is 11.6. The van der Waals surface area contributed by atoms with E-state index in [2.05, 4.69) is 10.1 Å². The summed E-state index contributed by atoms with van der Waals surface area (Å²) in [5.41, 5.74) is 0.924. The highest BCUT2D eigenvalue weighted by Gasteiger charge is 2.27. The highest BCUT2D eigenvalue weighted by atomic mass is 19.4. The van der Waals surface area contributed by atoms with Gasteiger partial charge in [0.1, 0.15) is 12.4 Å². The minimum Gasteiger partial charge on any atom is -0.494 e. The van der Waals surface area contributed by atoms with Gasteiger partial charge in [0.25, 0.3) is 0 Å². The first-order valence-corrected chi connectivity index (χ1v) is 7.04. The Hall–Kier alpha value is -1.76. The van der Waals surface area contributed by atoms with E-state index in [1.807, 2.05) is 31.2 Å². The Bertz CT molecular complexity index is 464. The van der Waals surface area contributed by atoms with Gasteiger partial charge in [-0.1, -0.05) is 18.2 Å². The summed E-state index contributed by atoms with van der Waals surface area (Å²) in [5.74, 6) is 0.508. The van der Waals surface area contributed by atoms with Crippen LogP contribution in [-0.2, 0) is 16.0 Å². The van der Waals surface area contributed by atoms with E-state index < -0.39 is 12.8 Å². The van der Waals surface area contributed by atoms with Gasteiger partial charge >= 0.3 is 6.18 Å². The zero-order valence-corrected chi connectivity index (χ0v) is 12.4. The van der Waals surface area contributed by atoms with Crippen LogP contribution in [0.5, 0.6) is 5.75 Å². The molecule has 1 N–H and O–H groups in total. The number of hydrogen-bond acceptors (Lipinski definition) is 3. The Morgan fingerprint density at radius 3 is 2.68 bits per heavy atom. The number of para-hydroxylation sites is 1. The number of aryl methyl sites for hydroxylation is 1. The van der Waals surface area contributed by atoms with Crippen LogP contribution in [-0.4, -0.2) is 38.4 Å². The summed E-state index contributed by atoms with van der Waals surface area (Å²) >= 11 is 0. The van der Waals surface area contributed by atoms with E-state index in [1.54, 1.807) is 0 Å². The molecule has 0 aromatic heterocycles. The van der Waals surface area contributed by atoms with E-state index in [0.29, 0.717) is 13.0 Å². The van der Waals surface area contributed by atoms with Crippen LogP contribution in [0, 0.1) is 0 Å². The van der Waals surface area contributed by atoms with Gasteiger partial charge in [-0.3, -0.25) is 4.79 Å². The van der Waals surface area contributed by atoms with Gasteiger partial charge in [0.2, 0.25) is 5.91 Å². The largest absolute Gasteiger partial charge is 0.494 e. The molecule has 124 valence electrons. The predicted molar refractivity (Wildman–Crippen MR) is 75.8 cm³/mol. The van der Waals surface area contributed by atoms with Crippen LogP contribution in [0.25, 0.3) is 0 Å². The zero-order valence-electron chi connectivity index (χ0n) is 12.4. The quantitative estimate of drug-likeness (QED) is 0.712. The van der Waals surface area contributed by atoms with Crippen LogP contribution in [0.4, 0.5) is 13.2 Å². The number of hydrogen-bond donors (Lipinski definition) is 1. The van der Waals surface area contributed by atoms with E-state index >= 15 is 0 Å². The predicted octanol–water partition coefficient (Wildman–Crippen LogP) is 2.71. The molecule has 0 aliphatic heterocycles. The van der Waals surface area contributed by atoms with Gasteiger partial charge in [0.15, 0.2) is 0 Å². The molecule has 0 heterocycles. The summed E-state index contributed by atoms with van der Waals surface area (Å²) in [6.07, 6.45) is -3.60. The molecule has 1 amide bonds. The molecule has 0 saturated carbocycles. The summed E-state index contributed by atoms with van der Waals surface area (Å²) in [5, 5.41) is 2.52. The van der Waals surface area contributed by atoms with Crippen molar-refractivity contribution < 1.29 is 27.4 Å². The maximum absolute atomic E-state index is 11.8. The Kier molecular flexibility index (Phi) is 7.73. The van der Waals surface area contributed by atoms with E-state index in [9.17, 15) is 18.0 Å². The van der Waals surface area contributed by atoms with Gasteiger partial charge in [0.05, 0.1) is 13.2 Å². The van der Waals surface area contributed by atoms with Gasteiger partial charge in [0, 0.05) is 13.0 Å². The molecule has 7 heteroatoms. The Labute approximate surface area is 127 Å². The number of rotatable bonds is 9. The second kappa shape index (κ2) is 9.30. The highest BCUT2D eigenvalue weighted by Crippen LogP contribution is 2.19. The summed E-state index contributed by atoms with van der Waals surface area (Å²) in [6, 6.07) is 7.43. The molecule has 0 aliphatic carbocycles. The van der Waals surface area contributed by atoms with Crippen molar-refractivity contribution in [3.8, 4) is 5.75 Å². The number of ether oxygens (including phenoxy) is 2. The number of alkyl halides is 3. The van der Waals surface area contributed by atoms with Crippen molar-refractivity contribution in [3.63, 3.8) is 0 Å². The molecule has 22 heavy (non-hydrogen) atoms. The number of halogens is 3. The lowest BCUT2D eigenvalue weighted by molar-refractivity contribution is -0.173. The highest BCUT2D eigenvalue weighted by molar-refractivity contribution is 5.76. The fraction of sp³-hybridized carbons (Fsp3) is 0.533. The van der Waals surface area contributed by atoms with Crippen LogP contribution < -0.4 is 10.1 Å². The van der Waals surface area contributed by atoms with E-state index in [1.165, 1.54) is 0 Å². The number of carbonyl (C=O) groups is 1. The standard InChI is InChI=1S/C15H20F3NO3/c1-2-22-13-6-4-3-5-12(13)7-8-14(20)19-9-10-21-11-15(16,17)18/h3-6H,2,7-11H2,1H3,(H,19,20). The maximum Gasteiger partial charge on any atom is 0.411 e. The zero-order chi connectivity index (χ0) is 16.4. The normalized spacial score (nSPS) is 11.3. The third kappa shape index (κ3) is 7.87. The lowest BCUT2D eigenvalue weighted by Gasteiger charge is -2.10. The van der Waals surface area contributed by atoms with Crippen molar-refractivity contribution in [2.24, 2.45) is 0 Å². The van der Waals surface area contributed by atoms with Crippen LogP contribution in [0.15, 0.2) is 24.3 Å². The van der Waals surface area contributed by atoms with Crippen molar-refractivity contribution in [1.29, 1.82) is 0 Å². The van der Waals surface area contributed by atoms with E-state index in [4.69, 9.17) is 4.74 Å². The van der Waals surface area contributed by atoms with Crippen molar-refractivity contribution in [2.75, 3.05) is 26.4 Å². The minimum absolute atomic E-state index is 0.0576. The Morgan fingerprint density at radius 1 is 1.27 bits per heavy atom. The van der Waals surface area contributed by atoms with Gasteiger partial charge < -0.3 is 14.8 Å². The first-order chi connectivity index (χ1) is 10.4. The topological polar surface area (TPSA) is 47.6 Å². The first kappa shape index (κ1) is 18.3. The fourth-order valence-electron chi connectivity index (χ4n) is 1.79. The molecular formula is C15H20F3NO3. The van der Waals surface area contributed by atoms with Crippen molar-refractivity contribution in [3.05, 3.63) is 29.8 Å². The molecule has 0 radical (unpaired) electrons. The Morgan fingerprint density at radius 2 is 2.00 bits per heavy atom. The van der Waals surface area contributed by atoms with Crippen molar-refractivity contribution in [1.82, 2.24) is 5.32 Å². The van der Waals surface area contributed by atoms with Gasteiger partial charge in [-0.05, 0) is 25.0 Å². The third-order valence-corrected chi connectivity index (χ3v) is 2.73. The van der Waals surface area contributed by atoms with E-state index in [-0.39, 0.29) is 25.5 Å². The molecule has 0 fully saturated rings. The molecule has 0 atom stereocenters. The summed E-state index contributed by atoms with van der Waals surface area (Å²) in [7, 11) is 0. The molecular weight excluding hydrogens is 299 g/mol. The molecule has 0 unspecified atom stereocenters. The van der Waals surface area contributed by atoms with Crippen molar-refractivity contribution in [2.45, 2.75) is 25.9 Å². The number of benzene rings is 1. The lowest BCUT2D eigenvalue weighted by atomic mass is 10.1. The molecule has 0 saturated heterocycles. The molecule has 1 aromatic carbocycles. The monoisotopic (exact) mass is 319 g/mol. The lowest BCUT2D eigenvalue weighted by Crippen LogP contribution is -2.29. The molecule has 1 rings (SSSR count). The molecule has 0 aliphatic rings. The molecule has 0 spiro atoms. The first-order valence-electron chi connectivity index (χ1n) is 7.04. The second-order valence-electron chi connectivity index (χ2n) is 4.56. The number of carbonyl (C=O) groups excluding carboxylic acids is 1. The average Bonchev–Trinajstić information content (AvgIpc) is 2.45. The maximum atomic E-state index is 11.8. The fourth-order valence-corrected chi connectivity index (χ4v) is 1.79. The van der Waals surface area contributed by atoms with Crippen LogP contribution in [0.2, 0.25) is 0 Å². The SMILES string of the molecule is CCOc1ccccc1CCC(=O)NCCOCC(F)(F)F. The molecule has 4 nitrogen and oxygen atoms in total. The van der Waals surface area contributed by atoms with Crippen LogP contribution in [0.1, 0.15) is 18.9 Å².